The molecule has 0 aromatic heterocycles. The smallest absolute Gasteiger partial charge is 0.146 e. The average Bonchev–Trinajstić information content (AvgIpc) is 2.33. The summed E-state index contributed by atoms with van der Waals surface area (Å²) < 4.78 is 14.1. The number of hydrogen-bond acceptors (Lipinski definition) is 2. The second kappa shape index (κ2) is 5.27. The number of piperidine rings is 1. The summed E-state index contributed by atoms with van der Waals surface area (Å²) in [5.41, 5.74) is 1.28. The van der Waals surface area contributed by atoms with Crippen LogP contribution >= 0.6 is 0 Å². The van der Waals surface area contributed by atoms with Crippen LogP contribution in [-0.4, -0.2) is 17.7 Å². The molecule has 3 unspecified atom stereocenters. The minimum absolute atomic E-state index is 0.227. The van der Waals surface area contributed by atoms with E-state index in [-0.39, 0.29) is 5.82 Å². The van der Waals surface area contributed by atoms with Crippen LogP contribution in [0.3, 0.4) is 0 Å². The molecule has 2 rings (SSSR count). The zero-order chi connectivity index (χ0) is 13.3. The molecule has 1 N–H and O–H groups in total. The summed E-state index contributed by atoms with van der Waals surface area (Å²) in [5.74, 6) is 0.328. The molecular weight excluding hydrogens is 229 g/mol. The van der Waals surface area contributed by atoms with Gasteiger partial charge in [0.1, 0.15) is 5.82 Å². The van der Waals surface area contributed by atoms with Crippen LogP contribution in [-0.2, 0) is 0 Å². The highest BCUT2D eigenvalue weighted by molar-refractivity contribution is 5.56. The van der Waals surface area contributed by atoms with Crippen molar-refractivity contribution in [2.45, 2.75) is 45.8 Å². The van der Waals surface area contributed by atoms with Crippen LogP contribution in [0.2, 0.25) is 0 Å². The van der Waals surface area contributed by atoms with Gasteiger partial charge in [-0.05, 0) is 38.7 Å². The normalized spacial score (nSPS) is 26.2. The molecule has 0 bridgehead atoms. The van der Waals surface area contributed by atoms with E-state index in [4.69, 9.17) is 0 Å². The molecule has 1 aliphatic rings. The van der Waals surface area contributed by atoms with Crippen LogP contribution < -0.4 is 4.90 Å². The number of rotatable bonds is 2. The summed E-state index contributed by atoms with van der Waals surface area (Å²) >= 11 is 0. The molecule has 18 heavy (non-hydrogen) atoms. The van der Waals surface area contributed by atoms with Crippen molar-refractivity contribution in [2.24, 2.45) is 5.92 Å². The summed E-state index contributed by atoms with van der Waals surface area (Å²) in [6.07, 6.45) is 1.63. The third-order valence-corrected chi connectivity index (χ3v) is 4.13. The molecule has 1 aromatic carbocycles. The Kier molecular flexibility index (Phi) is 3.91. The van der Waals surface area contributed by atoms with E-state index in [9.17, 15) is 9.50 Å². The van der Waals surface area contributed by atoms with E-state index in [2.05, 4.69) is 18.7 Å². The third-order valence-electron chi connectivity index (χ3n) is 4.13. The molecule has 1 heterocycles. The predicted octanol–water partition coefficient (Wildman–Crippen LogP) is 3.50. The first-order valence-corrected chi connectivity index (χ1v) is 6.75. The molecule has 3 heteroatoms. The Morgan fingerprint density at radius 3 is 2.78 bits per heavy atom. The van der Waals surface area contributed by atoms with Crippen molar-refractivity contribution in [2.75, 3.05) is 11.4 Å². The zero-order valence-corrected chi connectivity index (χ0v) is 11.4. The van der Waals surface area contributed by atoms with Gasteiger partial charge in [-0.15, -0.1) is 0 Å². The lowest BCUT2D eigenvalue weighted by atomic mass is 9.90. The number of benzene rings is 1. The molecular formula is C15H22FNO. The van der Waals surface area contributed by atoms with Gasteiger partial charge in [0.2, 0.25) is 0 Å². The molecule has 0 saturated carbocycles. The Hall–Kier alpha value is -1.09. The lowest BCUT2D eigenvalue weighted by Gasteiger charge is -2.41. The largest absolute Gasteiger partial charge is 0.389 e. The highest BCUT2D eigenvalue weighted by atomic mass is 19.1. The third kappa shape index (κ3) is 2.37. The van der Waals surface area contributed by atoms with Gasteiger partial charge in [-0.1, -0.05) is 19.1 Å². The van der Waals surface area contributed by atoms with Crippen molar-refractivity contribution >= 4 is 5.69 Å². The lowest BCUT2D eigenvalue weighted by Crippen LogP contribution is -2.43. The van der Waals surface area contributed by atoms with E-state index in [1.54, 1.807) is 13.0 Å². The van der Waals surface area contributed by atoms with Crippen molar-refractivity contribution < 1.29 is 9.50 Å². The van der Waals surface area contributed by atoms with E-state index < -0.39 is 6.10 Å². The minimum atomic E-state index is -0.639. The molecule has 0 radical (unpaired) electrons. The highest BCUT2D eigenvalue weighted by Crippen LogP contribution is 2.35. The van der Waals surface area contributed by atoms with E-state index >= 15 is 0 Å². The molecule has 0 amide bonds. The predicted molar refractivity (Wildman–Crippen MR) is 72.2 cm³/mol. The number of nitrogens with zero attached hydrogens (tertiary/aromatic N) is 1. The Labute approximate surface area is 108 Å². The van der Waals surface area contributed by atoms with Crippen molar-refractivity contribution in [3.8, 4) is 0 Å². The maximum atomic E-state index is 14.1. The Morgan fingerprint density at radius 2 is 2.11 bits per heavy atom. The average molecular weight is 251 g/mol. The maximum Gasteiger partial charge on any atom is 0.146 e. The van der Waals surface area contributed by atoms with Crippen molar-refractivity contribution in [3.63, 3.8) is 0 Å². The highest BCUT2D eigenvalue weighted by Gasteiger charge is 2.28. The summed E-state index contributed by atoms with van der Waals surface area (Å²) in [6.45, 7) is 6.91. The first-order valence-electron chi connectivity index (χ1n) is 6.75. The molecule has 100 valence electrons. The van der Waals surface area contributed by atoms with Crippen molar-refractivity contribution in [1.82, 2.24) is 0 Å². The van der Waals surface area contributed by atoms with E-state index in [1.165, 1.54) is 12.5 Å². The summed E-state index contributed by atoms with van der Waals surface area (Å²) in [4.78, 5) is 2.12. The number of halogens is 1. The van der Waals surface area contributed by atoms with Crippen LogP contribution in [0.25, 0.3) is 0 Å². The number of para-hydroxylation sites is 1. The molecule has 1 saturated heterocycles. The Balaban J connectivity index is 2.43. The molecule has 0 spiro atoms. The number of aliphatic hydroxyl groups excluding tert-OH is 1. The van der Waals surface area contributed by atoms with Crippen LogP contribution in [0, 0.1) is 11.7 Å². The first-order chi connectivity index (χ1) is 8.52. The fourth-order valence-corrected chi connectivity index (χ4v) is 2.82. The van der Waals surface area contributed by atoms with Crippen molar-refractivity contribution in [1.29, 1.82) is 0 Å². The second-order valence-corrected chi connectivity index (χ2v) is 5.41. The SMILES string of the molecule is CC(O)c1cccc(F)c1N1CCCC(C)C1C. The van der Waals surface area contributed by atoms with Gasteiger partial charge in [0.15, 0.2) is 0 Å². The Bertz CT molecular complexity index is 419. The van der Waals surface area contributed by atoms with Crippen LogP contribution in [0.5, 0.6) is 0 Å². The van der Waals surface area contributed by atoms with Gasteiger partial charge >= 0.3 is 0 Å². The molecule has 3 atom stereocenters. The lowest BCUT2D eigenvalue weighted by molar-refractivity contribution is 0.198. The van der Waals surface area contributed by atoms with Gasteiger partial charge in [0.05, 0.1) is 11.8 Å². The fraction of sp³-hybridized carbons (Fsp3) is 0.600. The number of hydrogen-bond donors (Lipinski definition) is 1. The van der Waals surface area contributed by atoms with Gasteiger partial charge in [-0.2, -0.15) is 0 Å². The monoisotopic (exact) mass is 251 g/mol. The quantitative estimate of drug-likeness (QED) is 0.869. The van der Waals surface area contributed by atoms with Crippen LogP contribution in [0.4, 0.5) is 10.1 Å². The minimum Gasteiger partial charge on any atom is -0.389 e. The zero-order valence-electron chi connectivity index (χ0n) is 11.4. The van der Waals surface area contributed by atoms with Gasteiger partial charge in [-0.3, -0.25) is 0 Å². The summed E-state index contributed by atoms with van der Waals surface area (Å²) in [7, 11) is 0. The van der Waals surface area contributed by atoms with Gasteiger partial charge in [0.25, 0.3) is 0 Å². The summed E-state index contributed by atoms with van der Waals surface area (Å²) in [5, 5.41) is 9.82. The first kappa shape index (κ1) is 13.3. The molecule has 2 nitrogen and oxygen atoms in total. The van der Waals surface area contributed by atoms with E-state index in [1.807, 2.05) is 6.07 Å². The van der Waals surface area contributed by atoms with Crippen LogP contribution in [0.15, 0.2) is 18.2 Å². The maximum absolute atomic E-state index is 14.1. The van der Waals surface area contributed by atoms with Gasteiger partial charge in [-0.25, -0.2) is 4.39 Å². The van der Waals surface area contributed by atoms with Crippen LogP contribution in [0.1, 0.15) is 45.3 Å². The molecule has 1 aromatic rings. The summed E-state index contributed by atoms with van der Waals surface area (Å²) in [6, 6.07) is 5.27. The van der Waals surface area contributed by atoms with Gasteiger partial charge < -0.3 is 10.0 Å². The number of aliphatic hydroxyl groups is 1. The number of anilines is 1. The molecule has 1 aliphatic heterocycles. The second-order valence-electron chi connectivity index (χ2n) is 5.41. The standard InChI is InChI=1S/C15H22FNO/c1-10-6-5-9-17(11(10)2)15-13(12(3)18)7-4-8-14(15)16/h4,7-8,10-12,18H,5-6,9H2,1-3H3. The van der Waals surface area contributed by atoms with E-state index in [0.717, 1.165) is 13.0 Å². The van der Waals surface area contributed by atoms with Gasteiger partial charge in [0, 0.05) is 18.2 Å². The fourth-order valence-electron chi connectivity index (χ4n) is 2.82. The molecule has 1 fully saturated rings. The topological polar surface area (TPSA) is 23.5 Å². The molecule has 0 aliphatic carbocycles. The van der Waals surface area contributed by atoms with E-state index in [0.29, 0.717) is 23.2 Å². The van der Waals surface area contributed by atoms with Crippen molar-refractivity contribution in [3.05, 3.63) is 29.6 Å². The Morgan fingerprint density at radius 1 is 1.39 bits per heavy atom.